The van der Waals surface area contributed by atoms with Crippen LogP contribution in [0.5, 0.6) is 0 Å². The molecule has 1 nitrogen and oxygen atoms in total. The molecular formula is C15H14Cl2FN. The molecule has 0 heterocycles. The predicted molar refractivity (Wildman–Crippen MR) is 79.5 cm³/mol. The van der Waals surface area contributed by atoms with Crippen molar-refractivity contribution in [2.75, 3.05) is 5.32 Å². The lowest BCUT2D eigenvalue weighted by molar-refractivity contribution is 0.587. The number of rotatable bonds is 4. The molecule has 0 aliphatic carbocycles. The molecule has 0 saturated heterocycles. The van der Waals surface area contributed by atoms with Crippen LogP contribution >= 0.6 is 23.2 Å². The maximum atomic E-state index is 13.8. The third-order valence-electron chi connectivity index (χ3n) is 2.95. The summed E-state index contributed by atoms with van der Waals surface area (Å²) in [5.74, 6) is -0.222. The van der Waals surface area contributed by atoms with Crippen molar-refractivity contribution in [3.8, 4) is 0 Å². The maximum absolute atomic E-state index is 13.8. The Morgan fingerprint density at radius 3 is 2.58 bits per heavy atom. The molecule has 2 aromatic rings. The van der Waals surface area contributed by atoms with Gasteiger partial charge in [-0.3, -0.25) is 0 Å². The number of hydrogen-bond acceptors (Lipinski definition) is 1. The highest BCUT2D eigenvalue weighted by Gasteiger charge is 2.14. The van der Waals surface area contributed by atoms with E-state index >= 15 is 0 Å². The third-order valence-corrected chi connectivity index (χ3v) is 3.51. The van der Waals surface area contributed by atoms with Gasteiger partial charge in [0.1, 0.15) is 5.82 Å². The van der Waals surface area contributed by atoms with Crippen LogP contribution in [-0.2, 0) is 0 Å². The molecule has 100 valence electrons. The van der Waals surface area contributed by atoms with E-state index in [1.165, 1.54) is 6.07 Å². The van der Waals surface area contributed by atoms with Gasteiger partial charge in [0, 0.05) is 10.6 Å². The fraction of sp³-hybridized carbons (Fsp3) is 0.200. The van der Waals surface area contributed by atoms with Crippen molar-refractivity contribution < 1.29 is 4.39 Å². The molecule has 1 N–H and O–H groups in total. The Balaban J connectivity index is 2.29. The molecule has 0 spiro atoms. The molecule has 0 bridgehead atoms. The van der Waals surface area contributed by atoms with E-state index in [0.29, 0.717) is 21.3 Å². The van der Waals surface area contributed by atoms with Gasteiger partial charge < -0.3 is 5.32 Å². The lowest BCUT2D eigenvalue weighted by Crippen LogP contribution is -2.11. The molecule has 2 aromatic carbocycles. The molecule has 1 atom stereocenters. The topological polar surface area (TPSA) is 12.0 Å². The van der Waals surface area contributed by atoms with Crippen molar-refractivity contribution in [1.29, 1.82) is 0 Å². The number of anilines is 1. The van der Waals surface area contributed by atoms with Crippen LogP contribution in [0.1, 0.15) is 24.9 Å². The standard InChI is InChI=1S/C15H14Cl2FN/c1-2-14(11-5-3-4-6-13(11)18)19-15-9-10(16)7-8-12(15)17/h3-9,14,19H,2H2,1H3. The van der Waals surface area contributed by atoms with Gasteiger partial charge in [-0.05, 0) is 30.7 Å². The second kappa shape index (κ2) is 6.27. The van der Waals surface area contributed by atoms with Gasteiger partial charge in [0.05, 0.1) is 16.8 Å². The van der Waals surface area contributed by atoms with Gasteiger partial charge in [-0.1, -0.05) is 48.3 Å². The molecule has 0 radical (unpaired) electrons. The van der Waals surface area contributed by atoms with Crippen LogP contribution in [0.3, 0.4) is 0 Å². The summed E-state index contributed by atoms with van der Waals surface area (Å²) in [4.78, 5) is 0. The summed E-state index contributed by atoms with van der Waals surface area (Å²) in [7, 11) is 0. The van der Waals surface area contributed by atoms with Gasteiger partial charge >= 0.3 is 0 Å². The minimum absolute atomic E-state index is 0.142. The Hall–Kier alpha value is -1.25. The molecule has 0 saturated carbocycles. The van der Waals surface area contributed by atoms with E-state index in [0.717, 1.165) is 6.42 Å². The van der Waals surface area contributed by atoms with Crippen molar-refractivity contribution >= 4 is 28.9 Å². The summed E-state index contributed by atoms with van der Waals surface area (Å²) in [6, 6.07) is 11.8. The third kappa shape index (κ3) is 3.40. The summed E-state index contributed by atoms with van der Waals surface area (Å²) in [5, 5.41) is 4.40. The quantitative estimate of drug-likeness (QED) is 0.764. The van der Waals surface area contributed by atoms with Crippen LogP contribution in [0, 0.1) is 5.82 Å². The fourth-order valence-corrected chi connectivity index (χ4v) is 2.30. The van der Waals surface area contributed by atoms with Crippen molar-refractivity contribution in [2.24, 2.45) is 0 Å². The van der Waals surface area contributed by atoms with Crippen LogP contribution in [0.4, 0.5) is 10.1 Å². The fourth-order valence-electron chi connectivity index (χ4n) is 1.95. The van der Waals surface area contributed by atoms with E-state index in [9.17, 15) is 4.39 Å². The SMILES string of the molecule is CCC(Nc1cc(Cl)ccc1Cl)c1ccccc1F. The Morgan fingerprint density at radius 2 is 1.89 bits per heavy atom. The second-order valence-corrected chi connectivity index (χ2v) is 5.09. The molecule has 0 aromatic heterocycles. The average molecular weight is 298 g/mol. The van der Waals surface area contributed by atoms with Gasteiger partial charge in [0.2, 0.25) is 0 Å². The minimum Gasteiger partial charge on any atom is -0.377 e. The van der Waals surface area contributed by atoms with E-state index in [-0.39, 0.29) is 11.9 Å². The first-order valence-electron chi connectivity index (χ1n) is 6.08. The first-order valence-corrected chi connectivity index (χ1v) is 6.83. The van der Waals surface area contributed by atoms with E-state index in [2.05, 4.69) is 5.32 Å². The highest BCUT2D eigenvalue weighted by atomic mass is 35.5. The van der Waals surface area contributed by atoms with E-state index in [1.54, 1.807) is 30.3 Å². The van der Waals surface area contributed by atoms with Gasteiger partial charge in [-0.25, -0.2) is 4.39 Å². The van der Waals surface area contributed by atoms with Gasteiger partial charge in [0.15, 0.2) is 0 Å². The van der Waals surface area contributed by atoms with Crippen LogP contribution < -0.4 is 5.32 Å². The highest BCUT2D eigenvalue weighted by Crippen LogP contribution is 2.31. The zero-order valence-corrected chi connectivity index (χ0v) is 12.0. The summed E-state index contributed by atoms with van der Waals surface area (Å²) in [6.07, 6.45) is 0.740. The number of benzene rings is 2. The van der Waals surface area contributed by atoms with Gasteiger partial charge in [-0.2, -0.15) is 0 Å². The first-order chi connectivity index (χ1) is 9.11. The van der Waals surface area contributed by atoms with Gasteiger partial charge in [-0.15, -0.1) is 0 Å². The molecule has 19 heavy (non-hydrogen) atoms. The monoisotopic (exact) mass is 297 g/mol. The van der Waals surface area contributed by atoms with Crippen molar-refractivity contribution in [1.82, 2.24) is 0 Å². The smallest absolute Gasteiger partial charge is 0.128 e. The van der Waals surface area contributed by atoms with Crippen molar-refractivity contribution in [3.63, 3.8) is 0 Å². The molecule has 1 unspecified atom stereocenters. The zero-order valence-electron chi connectivity index (χ0n) is 10.5. The molecule has 0 fully saturated rings. The predicted octanol–water partition coefficient (Wildman–Crippen LogP) is 5.70. The lowest BCUT2D eigenvalue weighted by Gasteiger charge is -2.20. The van der Waals surface area contributed by atoms with Crippen molar-refractivity contribution in [2.45, 2.75) is 19.4 Å². The Kier molecular flexibility index (Phi) is 4.67. The van der Waals surface area contributed by atoms with Crippen LogP contribution in [0.25, 0.3) is 0 Å². The maximum Gasteiger partial charge on any atom is 0.128 e. The number of halogens is 3. The summed E-state index contributed by atoms with van der Waals surface area (Å²) in [5.41, 5.74) is 1.34. The Labute approximate surface area is 122 Å². The molecule has 0 aliphatic heterocycles. The van der Waals surface area contributed by atoms with Gasteiger partial charge in [0.25, 0.3) is 0 Å². The van der Waals surface area contributed by atoms with E-state index in [4.69, 9.17) is 23.2 Å². The minimum atomic E-state index is -0.222. The number of nitrogens with one attached hydrogen (secondary N) is 1. The summed E-state index contributed by atoms with van der Waals surface area (Å²) >= 11 is 12.1. The molecule has 2 rings (SSSR count). The zero-order chi connectivity index (χ0) is 13.8. The normalized spacial score (nSPS) is 12.2. The first kappa shape index (κ1) is 14.2. The van der Waals surface area contributed by atoms with Crippen LogP contribution in [0.2, 0.25) is 10.0 Å². The highest BCUT2D eigenvalue weighted by molar-refractivity contribution is 6.35. The summed E-state index contributed by atoms with van der Waals surface area (Å²) in [6.45, 7) is 1.99. The van der Waals surface area contributed by atoms with E-state index in [1.807, 2.05) is 13.0 Å². The number of hydrogen-bond donors (Lipinski definition) is 1. The Bertz CT molecular complexity index is 572. The molecule has 4 heteroatoms. The molecule has 0 amide bonds. The molecule has 0 aliphatic rings. The molecular weight excluding hydrogens is 284 g/mol. The Morgan fingerprint density at radius 1 is 1.16 bits per heavy atom. The largest absolute Gasteiger partial charge is 0.377 e. The second-order valence-electron chi connectivity index (χ2n) is 4.25. The van der Waals surface area contributed by atoms with Crippen molar-refractivity contribution in [3.05, 3.63) is 63.9 Å². The van der Waals surface area contributed by atoms with Crippen LogP contribution in [-0.4, -0.2) is 0 Å². The summed E-state index contributed by atoms with van der Waals surface area (Å²) < 4.78 is 13.8. The van der Waals surface area contributed by atoms with E-state index < -0.39 is 0 Å². The lowest BCUT2D eigenvalue weighted by atomic mass is 10.0. The average Bonchev–Trinajstić information content (AvgIpc) is 2.41. The van der Waals surface area contributed by atoms with Crippen LogP contribution in [0.15, 0.2) is 42.5 Å².